The largest absolute Gasteiger partial charge is 0.461 e. The van der Waals surface area contributed by atoms with Crippen molar-refractivity contribution in [2.24, 2.45) is 23.2 Å². The Balaban J connectivity index is 1.47. The summed E-state index contributed by atoms with van der Waals surface area (Å²) in [4.78, 5) is 16.5. The van der Waals surface area contributed by atoms with Gasteiger partial charge in [-0.05, 0) is 48.3 Å². The van der Waals surface area contributed by atoms with Gasteiger partial charge >= 0.3 is 5.97 Å². The molecule has 0 spiro atoms. The van der Waals surface area contributed by atoms with Crippen molar-refractivity contribution in [2.75, 3.05) is 6.54 Å². The zero-order chi connectivity index (χ0) is 17.4. The average Bonchev–Trinajstić information content (AvgIpc) is 2.88. The van der Waals surface area contributed by atoms with E-state index >= 15 is 0 Å². The van der Waals surface area contributed by atoms with Crippen LogP contribution in [0.25, 0.3) is 0 Å². The van der Waals surface area contributed by atoms with Crippen LogP contribution in [0.5, 0.6) is 0 Å². The lowest BCUT2D eigenvalue weighted by atomic mass is 9.59. The summed E-state index contributed by atoms with van der Waals surface area (Å²) in [5, 5.41) is 3.44. The van der Waals surface area contributed by atoms with Gasteiger partial charge in [0.05, 0.1) is 5.92 Å². The van der Waals surface area contributed by atoms with Crippen LogP contribution in [0.2, 0.25) is 0 Å². The van der Waals surface area contributed by atoms with Crippen molar-refractivity contribution in [2.45, 2.75) is 52.2 Å². The molecular formula is C21H28N2O2. The van der Waals surface area contributed by atoms with Crippen LogP contribution in [0.15, 0.2) is 36.2 Å². The predicted octanol–water partition coefficient (Wildman–Crippen LogP) is 3.49. The first-order chi connectivity index (χ1) is 12.1. The van der Waals surface area contributed by atoms with E-state index in [4.69, 9.17) is 4.74 Å². The monoisotopic (exact) mass is 340 g/mol. The van der Waals surface area contributed by atoms with Gasteiger partial charge in [-0.25, -0.2) is 0 Å². The number of rotatable bonds is 4. The van der Waals surface area contributed by atoms with Gasteiger partial charge in [0.15, 0.2) is 0 Å². The maximum absolute atomic E-state index is 12.5. The summed E-state index contributed by atoms with van der Waals surface area (Å²) < 4.78 is 5.80. The summed E-state index contributed by atoms with van der Waals surface area (Å²) in [5.74, 6) is 0.795. The van der Waals surface area contributed by atoms with Crippen LogP contribution in [0.3, 0.4) is 0 Å². The first-order valence-electron chi connectivity index (χ1n) is 9.59. The van der Waals surface area contributed by atoms with E-state index in [1.807, 2.05) is 12.1 Å². The van der Waals surface area contributed by atoms with Crippen LogP contribution >= 0.6 is 0 Å². The van der Waals surface area contributed by atoms with Crippen molar-refractivity contribution in [3.05, 3.63) is 41.7 Å². The number of pyridine rings is 1. The number of allylic oxidation sites excluding steroid dienone is 1. The third-order valence-electron chi connectivity index (χ3n) is 6.52. The molecule has 0 amide bonds. The summed E-state index contributed by atoms with van der Waals surface area (Å²) in [6.07, 6.45) is 10.9. The van der Waals surface area contributed by atoms with Gasteiger partial charge in [-0.2, -0.15) is 0 Å². The van der Waals surface area contributed by atoms with E-state index in [0.717, 1.165) is 13.0 Å². The first-order valence-corrected chi connectivity index (χ1v) is 9.59. The minimum absolute atomic E-state index is 0.0241. The van der Waals surface area contributed by atoms with Crippen molar-refractivity contribution >= 4 is 5.97 Å². The molecule has 1 aromatic rings. The lowest BCUT2D eigenvalue weighted by Crippen LogP contribution is -2.40. The molecule has 1 aliphatic heterocycles. The number of hydrogen-bond donors (Lipinski definition) is 1. The number of esters is 1. The van der Waals surface area contributed by atoms with Gasteiger partial charge in [0, 0.05) is 31.4 Å². The fourth-order valence-corrected chi connectivity index (χ4v) is 5.15. The van der Waals surface area contributed by atoms with Crippen molar-refractivity contribution in [1.29, 1.82) is 0 Å². The molecule has 4 nitrogen and oxygen atoms in total. The number of carbonyl (C=O) groups excluding carboxylic acids is 1. The van der Waals surface area contributed by atoms with E-state index in [2.05, 4.69) is 30.2 Å². The van der Waals surface area contributed by atoms with Crippen molar-refractivity contribution in [3.8, 4) is 0 Å². The normalized spacial score (nSPS) is 37.0. The van der Waals surface area contributed by atoms with E-state index in [0.29, 0.717) is 12.5 Å². The number of carbonyl (C=O) groups is 1. The molecule has 0 radical (unpaired) electrons. The van der Waals surface area contributed by atoms with E-state index in [9.17, 15) is 4.79 Å². The quantitative estimate of drug-likeness (QED) is 0.673. The fraction of sp³-hybridized carbons (Fsp3) is 0.619. The summed E-state index contributed by atoms with van der Waals surface area (Å²) in [6, 6.07) is 4.00. The molecule has 1 saturated heterocycles. The predicted molar refractivity (Wildman–Crippen MR) is 96.6 cm³/mol. The molecule has 1 aromatic heterocycles. The van der Waals surface area contributed by atoms with Crippen LogP contribution in [-0.4, -0.2) is 23.6 Å². The smallest absolute Gasteiger partial charge is 0.311 e. The second kappa shape index (κ2) is 6.56. The summed E-state index contributed by atoms with van der Waals surface area (Å²) in [6.45, 7) is 6.15. The second-order valence-corrected chi connectivity index (χ2v) is 8.33. The molecule has 2 heterocycles. The van der Waals surface area contributed by atoms with Gasteiger partial charge in [-0.1, -0.05) is 31.9 Å². The molecular weight excluding hydrogens is 312 g/mol. The molecule has 3 aliphatic rings. The summed E-state index contributed by atoms with van der Waals surface area (Å²) in [5.41, 5.74) is 3.00. The standard InChI is InChI=1S/C21H28N2O2/c1-14-4-3-7-21(2)11-19-16(10-18(14)21)17(20(24)25-19)13-23-12-15-5-8-22-9-6-15/h5-6,8-10,14,16-17,19,23H,3-4,7,11-13H2,1-2H3/t14-,16+,17-,19-,21+/m1/s1. The zero-order valence-corrected chi connectivity index (χ0v) is 15.2. The number of ether oxygens (including phenoxy) is 1. The van der Waals surface area contributed by atoms with Gasteiger partial charge in [0.2, 0.25) is 0 Å². The van der Waals surface area contributed by atoms with Crippen LogP contribution in [0.1, 0.15) is 45.1 Å². The highest BCUT2D eigenvalue weighted by molar-refractivity contribution is 5.76. The third kappa shape index (κ3) is 3.12. The Morgan fingerprint density at radius 2 is 2.16 bits per heavy atom. The molecule has 1 saturated carbocycles. The Morgan fingerprint density at radius 3 is 2.96 bits per heavy atom. The van der Waals surface area contributed by atoms with Gasteiger partial charge in [0.1, 0.15) is 6.10 Å². The van der Waals surface area contributed by atoms with Crippen molar-refractivity contribution in [1.82, 2.24) is 10.3 Å². The molecule has 134 valence electrons. The van der Waals surface area contributed by atoms with E-state index in [1.165, 1.54) is 24.8 Å². The van der Waals surface area contributed by atoms with E-state index in [1.54, 1.807) is 18.0 Å². The van der Waals surface area contributed by atoms with Crippen LogP contribution in [-0.2, 0) is 16.1 Å². The Kier molecular flexibility index (Phi) is 4.40. The molecule has 5 atom stereocenters. The third-order valence-corrected chi connectivity index (χ3v) is 6.52. The van der Waals surface area contributed by atoms with Gasteiger partial charge < -0.3 is 10.1 Å². The fourth-order valence-electron chi connectivity index (χ4n) is 5.15. The highest BCUT2D eigenvalue weighted by atomic mass is 16.6. The number of nitrogens with zero attached hydrogens (tertiary/aromatic N) is 1. The Labute approximate surface area is 150 Å². The number of fused-ring (bicyclic) bond motifs is 2. The minimum atomic E-state index is -0.0574. The minimum Gasteiger partial charge on any atom is -0.461 e. The number of hydrogen-bond acceptors (Lipinski definition) is 4. The number of nitrogens with one attached hydrogen (secondary N) is 1. The Bertz CT molecular complexity index is 672. The SMILES string of the molecule is C[C@@H]1CCC[C@@]2(C)C[C@H]3OC(=O)[C@H](CNCc4ccncc4)[C@@H]3C=C12. The van der Waals surface area contributed by atoms with Crippen LogP contribution < -0.4 is 5.32 Å². The van der Waals surface area contributed by atoms with Crippen LogP contribution in [0, 0.1) is 23.2 Å². The molecule has 25 heavy (non-hydrogen) atoms. The van der Waals surface area contributed by atoms with Crippen molar-refractivity contribution < 1.29 is 9.53 Å². The lowest BCUT2D eigenvalue weighted by molar-refractivity contribution is -0.145. The zero-order valence-electron chi connectivity index (χ0n) is 15.2. The lowest BCUT2D eigenvalue weighted by Gasteiger charge is -2.46. The topological polar surface area (TPSA) is 51.2 Å². The molecule has 4 heteroatoms. The Morgan fingerprint density at radius 1 is 1.36 bits per heavy atom. The van der Waals surface area contributed by atoms with Crippen LogP contribution in [0.4, 0.5) is 0 Å². The molecule has 0 bridgehead atoms. The maximum Gasteiger partial charge on any atom is 0.311 e. The van der Waals surface area contributed by atoms with E-state index in [-0.39, 0.29) is 29.3 Å². The highest BCUT2D eigenvalue weighted by Crippen LogP contribution is 2.53. The summed E-state index contributed by atoms with van der Waals surface area (Å²) >= 11 is 0. The Hall–Kier alpha value is -1.68. The molecule has 2 fully saturated rings. The van der Waals surface area contributed by atoms with Gasteiger partial charge in [0.25, 0.3) is 0 Å². The maximum atomic E-state index is 12.5. The van der Waals surface area contributed by atoms with Gasteiger partial charge in [-0.3, -0.25) is 9.78 Å². The van der Waals surface area contributed by atoms with Gasteiger partial charge in [-0.15, -0.1) is 0 Å². The first kappa shape index (κ1) is 16.8. The molecule has 0 unspecified atom stereocenters. The van der Waals surface area contributed by atoms with E-state index < -0.39 is 0 Å². The average molecular weight is 340 g/mol. The summed E-state index contributed by atoms with van der Waals surface area (Å²) in [7, 11) is 0. The molecule has 1 N–H and O–H groups in total. The van der Waals surface area contributed by atoms with Crippen molar-refractivity contribution in [3.63, 3.8) is 0 Å². The highest BCUT2D eigenvalue weighted by Gasteiger charge is 2.51. The molecule has 0 aromatic carbocycles. The molecule has 4 rings (SSSR count). The molecule has 2 aliphatic carbocycles. The second-order valence-electron chi connectivity index (χ2n) is 8.33. The number of aromatic nitrogens is 1.